The van der Waals surface area contributed by atoms with Crippen molar-refractivity contribution in [3.8, 4) is 0 Å². The van der Waals surface area contributed by atoms with Gasteiger partial charge in [0.05, 0.1) is 11.3 Å². The van der Waals surface area contributed by atoms with E-state index < -0.39 is 0 Å². The zero-order valence-corrected chi connectivity index (χ0v) is 15.4. The van der Waals surface area contributed by atoms with Crippen molar-refractivity contribution in [3.63, 3.8) is 0 Å². The van der Waals surface area contributed by atoms with E-state index in [1.165, 1.54) is 0 Å². The number of rotatable bonds is 4. The van der Waals surface area contributed by atoms with Crippen LogP contribution in [0.1, 0.15) is 21.5 Å². The molecule has 1 amide bonds. The third-order valence-electron chi connectivity index (χ3n) is 3.20. The molecular weight excluding hydrogens is 384 g/mol. The molecule has 2 aromatic carbocycles. The van der Waals surface area contributed by atoms with Crippen molar-refractivity contribution in [2.45, 2.75) is 18.4 Å². The third-order valence-corrected chi connectivity index (χ3v) is 4.93. The SMILES string of the molecule is CSc1ccc(Cl)cc1CNC(=O)c1cc(C)cc(Br)c1N. The van der Waals surface area contributed by atoms with Crippen molar-refractivity contribution in [1.82, 2.24) is 5.32 Å². The van der Waals surface area contributed by atoms with Gasteiger partial charge in [0.15, 0.2) is 0 Å². The zero-order valence-electron chi connectivity index (χ0n) is 12.2. The van der Waals surface area contributed by atoms with Crippen LogP contribution in [-0.4, -0.2) is 12.2 Å². The number of amides is 1. The molecule has 0 aliphatic carbocycles. The van der Waals surface area contributed by atoms with Crippen LogP contribution in [0, 0.1) is 6.92 Å². The number of hydrogen-bond donors (Lipinski definition) is 2. The second-order valence-electron chi connectivity index (χ2n) is 4.85. The minimum Gasteiger partial charge on any atom is -0.397 e. The molecule has 0 radical (unpaired) electrons. The number of nitrogen functional groups attached to an aromatic ring is 1. The summed E-state index contributed by atoms with van der Waals surface area (Å²) in [6.07, 6.45) is 1.99. The monoisotopic (exact) mass is 398 g/mol. The van der Waals surface area contributed by atoms with Gasteiger partial charge in [-0.05, 0) is 70.6 Å². The molecular formula is C16H16BrClN2OS. The minimum atomic E-state index is -0.200. The molecule has 6 heteroatoms. The first-order valence-corrected chi connectivity index (χ1v) is 8.98. The highest BCUT2D eigenvalue weighted by atomic mass is 79.9. The van der Waals surface area contributed by atoms with Gasteiger partial charge in [0, 0.05) is 20.9 Å². The Hall–Kier alpha value is -1.17. The highest BCUT2D eigenvalue weighted by Gasteiger charge is 2.13. The van der Waals surface area contributed by atoms with Crippen LogP contribution < -0.4 is 11.1 Å². The quantitative estimate of drug-likeness (QED) is 0.581. The lowest BCUT2D eigenvalue weighted by Crippen LogP contribution is -2.24. The van der Waals surface area contributed by atoms with Crippen molar-refractivity contribution < 1.29 is 4.79 Å². The van der Waals surface area contributed by atoms with Crippen molar-refractivity contribution in [2.24, 2.45) is 0 Å². The summed E-state index contributed by atoms with van der Waals surface area (Å²) in [6, 6.07) is 9.32. The number of thioether (sulfide) groups is 1. The molecule has 0 bridgehead atoms. The van der Waals surface area contributed by atoms with Gasteiger partial charge < -0.3 is 11.1 Å². The van der Waals surface area contributed by atoms with Crippen molar-refractivity contribution in [3.05, 3.63) is 56.5 Å². The summed E-state index contributed by atoms with van der Waals surface area (Å²) in [6.45, 7) is 2.32. The Labute approximate surface area is 147 Å². The Bertz CT molecular complexity index is 722. The van der Waals surface area contributed by atoms with E-state index in [1.807, 2.05) is 37.4 Å². The van der Waals surface area contributed by atoms with Crippen LogP contribution >= 0.6 is 39.3 Å². The first-order valence-electron chi connectivity index (χ1n) is 6.58. The molecule has 0 spiro atoms. The van der Waals surface area contributed by atoms with E-state index in [0.29, 0.717) is 22.8 Å². The fourth-order valence-electron chi connectivity index (χ4n) is 2.10. The summed E-state index contributed by atoms with van der Waals surface area (Å²) in [4.78, 5) is 13.5. The molecule has 2 aromatic rings. The Morgan fingerprint density at radius 1 is 1.36 bits per heavy atom. The van der Waals surface area contributed by atoms with Gasteiger partial charge in [0.2, 0.25) is 0 Å². The van der Waals surface area contributed by atoms with Gasteiger partial charge >= 0.3 is 0 Å². The normalized spacial score (nSPS) is 10.5. The first kappa shape index (κ1) is 17.2. The summed E-state index contributed by atoms with van der Waals surface area (Å²) < 4.78 is 0.727. The van der Waals surface area contributed by atoms with Crippen LogP contribution in [0.5, 0.6) is 0 Å². The number of carbonyl (C=O) groups is 1. The predicted octanol–water partition coefficient (Wildman–Crippen LogP) is 4.65. The molecule has 0 heterocycles. The number of nitrogens with one attached hydrogen (secondary N) is 1. The lowest BCUT2D eigenvalue weighted by Gasteiger charge is -2.12. The molecule has 3 N–H and O–H groups in total. The van der Waals surface area contributed by atoms with Gasteiger partial charge in [0.1, 0.15) is 0 Å². The lowest BCUT2D eigenvalue weighted by atomic mass is 10.1. The molecule has 0 aliphatic rings. The molecule has 2 rings (SSSR count). The Morgan fingerprint density at radius 3 is 2.77 bits per heavy atom. The third kappa shape index (κ3) is 3.97. The van der Waals surface area contributed by atoms with Gasteiger partial charge in [-0.15, -0.1) is 11.8 Å². The van der Waals surface area contributed by atoms with E-state index in [0.717, 1.165) is 20.5 Å². The largest absolute Gasteiger partial charge is 0.397 e. The lowest BCUT2D eigenvalue weighted by molar-refractivity contribution is 0.0951. The highest BCUT2D eigenvalue weighted by Crippen LogP contribution is 2.26. The molecule has 0 unspecified atom stereocenters. The second kappa shape index (κ2) is 7.40. The summed E-state index contributed by atoms with van der Waals surface area (Å²) in [5, 5.41) is 3.55. The predicted molar refractivity (Wildman–Crippen MR) is 97.7 cm³/mol. The van der Waals surface area contributed by atoms with Gasteiger partial charge in [-0.3, -0.25) is 4.79 Å². The Kier molecular flexibility index (Phi) is 5.78. The maximum atomic E-state index is 12.4. The van der Waals surface area contributed by atoms with E-state index in [4.69, 9.17) is 17.3 Å². The van der Waals surface area contributed by atoms with Gasteiger partial charge in [-0.1, -0.05) is 11.6 Å². The van der Waals surface area contributed by atoms with Crippen LogP contribution in [-0.2, 0) is 6.54 Å². The Morgan fingerprint density at radius 2 is 2.09 bits per heavy atom. The van der Waals surface area contributed by atoms with Gasteiger partial charge in [-0.2, -0.15) is 0 Å². The standard InChI is InChI=1S/C16H16BrClN2OS/c1-9-5-12(15(19)13(17)6-9)16(21)20-8-10-7-11(18)3-4-14(10)22-2/h3-7H,8,19H2,1-2H3,(H,20,21). The molecule has 0 atom stereocenters. The summed E-state index contributed by atoms with van der Waals surface area (Å²) in [7, 11) is 0. The maximum Gasteiger partial charge on any atom is 0.253 e. The van der Waals surface area contributed by atoms with Crippen LogP contribution in [0.15, 0.2) is 39.7 Å². The molecule has 22 heavy (non-hydrogen) atoms. The van der Waals surface area contributed by atoms with Crippen LogP contribution in [0.4, 0.5) is 5.69 Å². The topological polar surface area (TPSA) is 55.1 Å². The highest BCUT2D eigenvalue weighted by molar-refractivity contribution is 9.10. The Balaban J connectivity index is 2.19. The summed E-state index contributed by atoms with van der Waals surface area (Å²) in [5.74, 6) is -0.200. The van der Waals surface area contributed by atoms with Gasteiger partial charge in [0.25, 0.3) is 5.91 Å². The molecule has 0 fully saturated rings. The van der Waals surface area contributed by atoms with E-state index in [-0.39, 0.29) is 5.91 Å². The molecule has 3 nitrogen and oxygen atoms in total. The fraction of sp³-hybridized carbons (Fsp3) is 0.188. The van der Waals surface area contributed by atoms with Crippen LogP contribution in [0.2, 0.25) is 5.02 Å². The number of hydrogen-bond acceptors (Lipinski definition) is 3. The number of benzene rings is 2. The average Bonchev–Trinajstić information content (AvgIpc) is 2.48. The van der Waals surface area contributed by atoms with E-state index in [1.54, 1.807) is 17.8 Å². The van der Waals surface area contributed by atoms with Crippen molar-refractivity contribution in [1.29, 1.82) is 0 Å². The van der Waals surface area contributed by atoms with E-state index in [9.17, 15) is 4.79 Å². The molecule has 0 saturated heterocycles. The van der Waals surface area contributed by atoms with E-state index in [2.05, 4.69) is 21.2 Å². The average molecular weight is 400 g/mol. The number of anilines is 1. The van der Waals surface area contributed by atoms with E-state index >= 15 is 0 Å². The summed E-state index contributed by atoms with van der Waals surface area (Å²) in [5.41, 5.74) is 8.84. The molecule has 0 aromatic heterocycles. The second-order valence-corrected chi connectivity index (χ2v) is 6.99. The zero-order chi connectivity index (χ0) is 16.3. The number of nitrogens with two attached hydrogens (primary N) is 1. The fourth-order valence-corrected chi connectivity index (χ4v) is 3.46. The molecule has 0 aliphatic heterocycles. The summed E-state index contributed by atoms with van der Waals surface area (Å²) >= 11 is 11.0. The van der Waals surface area contributed by atoms with Crippen molar-refractivity contribution >= 4 is 50.9 Å². The molecule has 116 valence electrons. The number of carbonyl (C=O) groups excluding carboxylic acids is 1. The maximum absolute atomic E-state index is 12.4. The van der Waals surface area contributed by atoms with Gasteiger partial charge in [-0.25, -0.2) is 0 Å². The first-order chi connectivity index (χ1) is 10.4. The smallest absolute Gasteiger partial charge is 0.253 e. The number of aryl methyl sites for hydroxylation is 1. The van der Waals surface area contributed by atoms with Crippen molar-refractivity contribution in [2.75, 3.05) is 12.0 Å². The van der Waals surface area contributed by atoms with Crippen LogP contribution in [0.3, 0.4) is 0 Å². The number of halogens is 2. The molecule has 0 saturated carbocycles. The minimum absolute atomic E-state index is 0.200. The van der Waals surface area contributed by atoms with Crippen LogP contribution in [0.25, 0.3) is 0 Å².